The normalized spacial score (nSPS) is 11.8. The van der Waals surface area contributed by atoms with E-state index in [1.807, 2.05) is 0 Å². The van der Waals surface area contributed by atoms with E-state index in [0.29, 0.717) is 5.69 Å². The molecule has 110 valence electrons. The van der Waals surface area contributed by atoms with Crippen LogP contribution in [0.25, 0.3) is 0 Å². The van der Waals surface area contributed by atoms with Crippen molar-refractivity contribution in [2.75, 3.05) is 11.9 Å². The van der Waals surface area contributed by atoms with Crippen LogP contribution in [0.2, 0.25) is 0 Å². The molecule has 0 amide bonds. The molecule has 2 N–H and O–H groups in total. The predicted octanol–water partition coefficient (Wildman–Crippen LogP) is 2.32. The fourth-order valence-electron chi connectivity index (χ4n) is 1.71. The number of benzene rings is 2. The van der Waals surface area contributed by atoms with Crippen LogP contribution in [0.1, 0.15) is 6.93 Å². The van der Waals surface area contributed by atoms with Gasteiger partial charge in [0.15, 0.2) is 0 Å². The molecule has 5 nitrogen and oxygen atoms in total. The number of hydrogen-bond donors (Lipinski definition) is 2. The molecule has 0 spiro atoms. The summed E-state index contributed by atoms with van der Waals surface area (Å²) in [4.78, 5) is 10.5. The van der Waals surface area contributed by atoms with Crippen molar-refractivity contribution in [1.29, 1.82) is 0 Å². The van der Waals surface area contributed by atoms with Crippen molar-refractivity contribution in [3.63, 3.8) is 0 Å². The Labute approximate surface area is 124 Å². The second-order valence-electron chi connectivity index (χ2n) is 4.51. The van der Waals surface area contributed by atoms with Crippen LogP contribution >= 0.6 is 0 Å². The summed E-state index contributed by atoms with van der Waals surface area (Å²) < 4.78 is 32.8. The summed E-state index contributed by atoms with van der Waals surface area (Å²) in [6, 6.07) is 10.3. The Morgan fingerprint density at radius 1 is 1.14 bits per heavy atom. The number of carboxylic acid groups (broad SMARTS) is 1. The Morgan fingerprint density at radius 2 is 1.76 bits per heavy atom. The van der Waals surface area contributed by atoms with Gasteiger partial charge >= 0.3 is 5.97 Å². The maximum Gasteiger partial charge on any atom is 0.322 e. The number of sulfone groups is 1. The Morgan fingerprint density at radius 3 is 2.33 bits per heavy atom. The van der Waals surface area contributed by atoms with Crippen LogP contribution in [0, 0.1) is 6.92 Å². The van der Waals surface area contributed by atoms with E-state index in [-0.39, 0.29) is 22.4 Å². The molecule has 0 saturated carbocycles. The largest absolute Gasteiger partial charge is 0.480 e. The highest BCUT2D eigenvalue weighted by atomic mass is 32.2. The molecule has 21 heavy (non-hydrogen) atoms. The van der Waals surface area contributed by atoms with Gasteiger partial charge in [0.05, 0.1) is 11.2 Å². The van der Waals surface area contributed by atoms with Gasteiger partial charge < -0.3 is 10.4 Å². The first-order chi connectivity index (χ1) is 10.3. The minimum absolute atomic E-state index is 0.0481. The first-order valence-corrected chi connectivity index (χ1v) is 7.67. The first-order valence-electron chi connectivity index (χ1n) is 6.69. The Bertz CT molecular complexity index is 801. The molecule has 0 aromatic heterocycles. The first kappa shape index (κ1) is 13.6. The van der Waals surface area contributed by atoms with E-state index in [2.05, 4.69) is 5.32 Å². The molecule has 2 aromatic carbocycles. The van der Waals surface area contributed by atoms with Gasteiger partial charge in [-0.2, -0.15) is 0 Å². The average molecular weight is 306 g/mol. The Hall–Kier alpha value is -2.34. The molecule has 0 radical (unpaired) electrons. The number of nitrogens with one attached hydrogen (secondary N) is 1. The molecular weight excluding hydrogens is 290 g/mol. The van der Waals surface area contributed by atoms with Crippen molar-refractivity contribution >= 4 is 21.5 Å². The van der Waals surface area contributed by atoms with E-state index in [1.165, 1.54) is 36.4 Å². The molecule has 0 bridgehead atoms. The van der Waals surface area contributed by atoms with E-state index < -0.39 is 15.8 Å². The monoisotopic (exact) mass is 306 g/mol. The molecule has 0 aliphatic heterocycles. The van der Waals surface area contributed by atoms with Crippen molar-refractivity contribution in [1.82, 2.24) is 0 Å². The van der Waals surface area contributed by atoms with Gasteiger partial charge in [0.2, 0.25) is 9.84 Å². The fraction of sp³-hybridized carbons (Fsp3) is 0.133. The highest BCUT2D eigenvalue weighted by molar-refractivity contribution is 7.91. The zero-order chi connectivity index (χ0) is 16.3. The van der Waals surface area contributed by atoms with Gasteiger partial charge in [-0.1, -0.05) is 17.7 Å². The van der Waals surface area contributed by atoms with E-state index in [4.69, 9.17) is 6.48 Å². The van der Waals surface area contributed by atoms with Crippen molar-refractivity contribution in [3.05, 3.63) is 54.1 Å². The Balaban J connectivity index is 2.31. The van der Waals surface area contributed by atoms with Crippen molar-refractivity contribution in [2.45, 2.75) is 16.7 Å². The van der Waals surface area contributed by atoms with E-state index in [1.54, 1.807) is 13.0 Å². The lowest BCUT2D eigenvalue weighted by atomic mass is 10.2. The third-order valence-electron chi connectivity index (χ3n) is 2.84. The maximum atomic E-state index is 12.5. The third-order valence-corrected chi connectivity index (χ3v) is 4.56. The van der Waals surface area contributed by atoms with E-state index >= 15 is 0 Å². The second-order valence-corrected chi connectivity index (χ2v) is 6.42. The highest BCUT2D eigenvalue weighted by Crippen LogP contribution is 2.22. The number of aliphatic carboxylic acids is 1. The summed E-state index contributed by atoms with van der Waals surface area (Å²) in [5.74, 6) is -1.00. The number of carbonyl (C=O) groups is 1. The number of anilines is 1. The van der Waals surface area contributed by atoms with Crippen LogP contribution in [-0.4, -0.2) is 26.0 Å². The zero-order valence-corrected chi connectivity index (χ0v) is 12.1. The fourth-order valence-corrected chi connectivity index (χ4v) is 2.92. The zero-order valence-electron chi connectivity index (χ0n) is 12.3. The minimum Gasteiger partial charge on any atom is -0.480 e. The van der Waals surface area contributed by atoms with Crippen molar-refractivity contribution < 1.29 is 19.7 Å². The summed E-state index contributed by atoms with van der Waals surface area (Å²) in [6.45, 7) is 1.54. The molecule has 0 heterocycles. The number of rotatable bonds is 5. The minimum atomic E-state index is -3.77. The summed E-state index contributed by atoms with van der Waals surface area (Å²) in [7, 11) is -3.77. The lowest BCUT2D eigenvalue weighted by Crippen LogP contribution is -2.12. The lowest BCUT2D eigenvalue weighted by molar-refractivity contribution is -0.134. The summed E-state index contributed by atoms with van der Waals surface area (Å²) in [5.41, 5.74) is 1.33. The summed E-state index contributed by atoms with van der Waals surface area (Å²) in [6.07, 6.45) is 0. The molecule has 0 fully saturated rings. The number of carboxylic acids is 1. The molecule has 0 atom stereocenters. The smallest absolute Gasteiger partial charge is 0.322 e. The molecule has 0 aliphatic rings. The van der Waals surface area contributed by atoms with E-state index in [9.17, 15) is 13.2 Å². The van der Waals surface area contributed by atoms with Gasteiger partial charge in [0.25, 0.3) is 0 Å². The Kier molecular flexibility index (Phi) is 3.87. The SMILES string of the molecule is [2H]c1cc(C)ccc1S(=O)(=O)c1ccc(NCC(=O)O)cc1. The third kappa shape index (κ3) is 3.61. The van der Waals surface area contributed by atoms with Gasteiger partial charge in [-0.05, 0) is 43.3 Å². The molecule has 0 saturated heterocycles. The van der Waals surface area contributed by atoms with Crippen molar-refractivity contribution in [3.8, 4) is 0 Å². The standard InChI is InChI=1S/C15H15NO4S/c1-11-2-6-13(7-3-11)21(19,20)14-8-4-12(5-9-14)16-10-15(17)18/h2-9,16H,10H2,1H3,(H,17,18)/i6D. The predicted molar refractivity (Wildman–Crippen MR) is 79.2 cm³/mol. The highest BCUT2D eigenvalue weighted by Gasteiger charge is 2.17. The van der Waals surface area contributed by atoms with Gasteiger partial charge in [-0.15, -0.1) is 0 Å². The average Bonchev–Trinajstić information content (AvgIpc) is 2.45. The summed E-state index contributed by atoms with van der Waals surface area (Å²) >= 11 is 0. The quantitative estimate of drug-likeness (QED) is 0.885. The van der Waals surface area contributed by atoms with Gasteiger partial charge in [0, 0.05) is 5.69 Å². The van der Waals surface area contributed by atoms with Gasteiger partial charge in [0.1, 0.15) is 6.54 Å². The summed E-state index contributed by atoms with van der Waals surface area (Å²) in [5, 5.41) is 11.2. The van der Waals surface area contributed by atoms with Crippen LogP contribution in [0.5, 0.6) is 0 Å². The lowest BCUT2D eigenvalue weighted by Gasteiger charge is -2.07. The van der Waals surface area contributed by atoms with Crippen LogP contribution in [0.3, 0.4) is 0 Å². The van der Waals surface area contributed by atoms with Crippen LogP contribution in [0.4, 0.5) is 5.69 Å². The van der Waals surface area contributed by atoms with Crippen LogP contribution in [0.15, 0.2) is 58.3 Å². The number of hydrogen-bond acceptors (Lipinski definition) is 4. The van der Waals surface area contributed by atoms with Gasteiger partial charge in [-0.3, -0.25) is 4.79 Å². The van der Waals surface area contributed by atoms with Crippen molar-refractivity contribution in [2.24, 2.45) is 0 Å². The molecule has 6 heteroatoms. The molecule has 0 aliphatic carbocycles. The molecule has 2 rings (SSSR count). The molecular formula is C15H15NO4S. The van der Waals surface area contributed by atoms with Crippen LogP contribution < -0.4 is 5.32 Å². The van der Waals surface area contributed by atoms with E-state index in [0.717, 1.165) is 5.56 Å². The van der Waals surface area contributed by atoms with Crippen LogP contribution in [-0.2, 0) is 14.6 Å². The second kappa shape index (κ2) is 5.97. The molecule has 0 unspecified atom stereocenters. The molecule has 2 aromatic rings. The number of aryl methyl sites for hydroxylation is 1. The maximum absolute atomic E-state index is 12.5. The van der Waals surface area contributed by atoms with Gasteiger partial charge in [-0.25, -0.2) is 8.42 Å². The topological polar surface area (TPSA) is 83.5 Å².